The van der Waals surface area contributed by atoms with Crippen LogP contribution in [0.4, 0.5) is 0 Å². The van der Waals surface area contributed by atoms with Crippen LogP contribution in [0.3, 0.4) is 0 Å². The molecule has 0 unspecified atom stereocenters. The Hall–Kier alpha value is -4.87. The number of carbonyl (C=O) groups is 2. The lowest BCUT2D eigenvalue weighted by atomic mass is 9.86. The molecule has 2 aromatic carbocycles. The van der Waals surface area contributed by atoms with Crippen LogP contribution in [-0.2, 0) is 24.9 Å². The van der Waals surface area contributed by atoms with Crippen molar-refractivity contribution >= 4 is 11.8 Å². The summed E-state index contributed by atoms with van der Waals surface area (Å²) in [5.74, 6) is -0.762. The van der Waals surface area contributed by atoms with Crippen LogP contribution in [0.5, 0.6) is 5.75 Å². The zero-order valence-electron chi connectivity index (χ0n) is 22.9. The molecular formula is C28H32N8O4. The molecule has 2 amide bonds. The largest absolute Gasteiger partial charge is 0.508 e. The first-order valence-corrected chi connectivity index (χ1v) is 12.9. The highest BCUT2D eigenvalue weighted by atomic mass is 16.3. The quantitative estimate of drug-likeness (QED) is 0.249. The fourth-order valence-electron chi connectivity index (χ4n) is 4.25. The van der Waals surface area contributed by atoms with Gasteiger partial charge in [-0.25, -0.2) is 19.9 Å². The second-order valence-corrected chi connectivity index (χ2v) is 10.4. The number of H-pyrrole nitrogens is 1. The summed E-state index contributed by atoms with van der Waals surface area (Å²) in [5.41, 5.74) is 3.41. The molecule has 0 aliphatic carbocycles. The summed E-state index contributed by atoms with van der Waals surface area (Å²) in [5, 5.41) is 25.5. The molecule has 0 bridgehead atoms. The second kappa shape index (κ2) is 11.9. The van der Waals surface area contributed by atoms with E-state index in [-0.39, 0.29) is 35.6 Å². The van der Waals surface area contributed by atoms with Crippen molar-refractivity contribution in [1.82, 2.24) is 40.8 Å². The molecule has 0 radical (unpaired) electrons. The van der Waals surface area contributed by atoms with Crippen molar-refractivity contribution in [2.24, 2.45) is 0 Å². The Balaban J connectivity index is 1.40. The number of benzene rings is 2. The van der Waals surface area contributed by atoms with E-state index in [2.05, 4.69) is 36.1 Å². The number of amides is 2. The van der Waals surface area contributed by atoms with Crippen LogP contribution in [0.25, 0.3) is 5.69 Å². The van der Waals surface area contributed by atoms with Crippen LogP contribution in [0.15, 0.2) is 53.6 Å². The first-order valence-electron chi connectivity index (χ1n) is 12.9. The number of aromatic nitrogens is 6. The van der Waals surface area contributed by atoms with Crippen LogP contribution in [0, 0.1) is 0 Å². The Morgan fingerprint density at radius 3 is 2.25 bits per heavy atom. The maximum Gasteiger partial charge on any atom is 0.365 e. The van der Waals surface area contributed by atoms with Gasteiger partial charge in [0, 0.05) is 19.2 Å². The third kappa shape index (κ3) is 6.57. The lowest BCUT2D eigenvalue weighted by Crippen LogP contribution is -2.27. The van der Waals surface area contributed by atoms with Gasteiger partial charge in [0.2, 0.25) is 0 Å². The Bertz CT molecular complexity index is 1590. The molecule has 4 rings (SSSR count). The highest BCUT2D eigenvalue weighted by Gasteiger charge is 2.19. The first-order chi connectivity index (χ1) is 19.1. The molecule has 0 saturated carbocycles. The van der Waals surface area contributed by atoms with Gasteiger partial charge in [-0.1, -0.05) is 52.3 Å². The van der Waals surface area contributed by atoms with Crippen molar-refractivity contribution in [3.8, 4) is 11.4 Å². The average molecular weight is 545 g/mol. The maximum absolute atomic E-state index is 12.9. The van der Waals surface area contributed by atoms with E-state index < -0.39 is 17.5 Å². The number of phenolic OH excluding ortho intramolecular Hbond substituents is 1. The van der Waals surface area contributed by atoms with Gasteiger partial charge < -0.3 is 15.7 Å². The minimum Gasteiger partial charge on any atom is -0.508 e. The summed E-state index contributed by atoms with van der Waals surface area (Å²) in [6, 6.07) is 12.1. The molecular weight excluding hydrogens is 512 g/mol. The Morgan fingerprint density at radius 1 is 0.950 bits per heavy atom. The van der Waals surface area contributed by atoms with Gasteiger partial charge in [0.05, 0.1) is 5.69 Å². The molecule has 2 aromatic heterocycles. The molecule has 4 aromatic rings. The van der Waals surface area contributed by atoms with Crippen LogP contribution in [0.2, 0.25) is 0 Å². The standard InChI is InChI=1S/C28H32N8O4/c1-5-6-18-12-20(36-27(40)33-34-35-36)9-8-19(18)15-30-26(39)23-13-22(31-16-32-23)25(38)29-14-17-7-10-21(24(37)11-17)28(2,3)4/h7-13,16,37H,5-6,14-15H2,1-4H3,(H,29,38)(H,30,39)(H,33,35,40). The van der Waals surface area contributed by atoms with Gasteiger partial charge in [-0.2, -0.15) is 4.68 Å². The van der Waals surface area contributed by atoms with Crippen LogP contribution in [-0.4, -0.2) is 47.1 Å². The summed E-state index contributed by atoms with van der Waals surface area (Å²) >= 11 is 0. The normalized spacial score (nSPS) is 11.3. The number of aryl methyl sites for hydroxylation is 1. The van der Waals surface area contributed by atoms with Gasteiger partial charge in [0.15, 0.2) is 0 Å². The van der Waals surface area contributed by atoms with Gasteiger partial charge in [0.25, 0.3) is 11.8 Å². The number of tetrazole rings is 1. The minimum atomic E-state index is -0.472. The third-order valence-corrected chi connectivity index (χ3v) is 6.32. The van der Waals surface area contributed by atoms with E-state index in [9.17, 15) is 19.5 Å². The van der Waals surface area contributed by atoms with Crippen LogP contribution in [0.1, 0.15) is 77.3 Å². The Morgan fingerprint density at radius 2 is 1.65 bits per heavy atom. The minimum absolute atomic E-state index is 0.0461. The average Bonchev–Trinajstić information content (AvgIpc) is 3.36. The molecule has 0 aliphatic rings. The second-order valence-electron chi connectivity index (χ2n) is 10.4. The van der Waals surface area contributed by atoms with E-state index >= 15 is 0 Å². The van der Waals surface area contributed by atoms with E-state index in [4.69, 9.17) is 0 Å². The molecule has 40 heavy (non-hydrogen) atoms. The van der Waals surface area contributed by atoms with Crippen molar-refractivity contribution in [3.63, 3.8) is 0 Å². The number of nitrogens with zero attached hydrogens (tertiary/aromatic N) is 5. The predicted octanol–water partition coefficient (Wildman–Crippen LogP) is 2.56. The third-order valence-electron chi connectivity index (χ3n) is 6.32. The number of hydrogen-bond acceptors (Lipinski definition) is 8. The Kier molecular flexibility index (Phi) is 8.37. The lowest BCUT2D eigenvalue weighted by molar-refractivity contribution is 0.0944. The summed E-state index contributed by atoms with van der Waals surface area (Å²) < 4.78 is 1.17. The monoisotopic (exact) mass is 544 g/mol. The SMILES string of the molecule is CCCc1cc(-n2nn[nH]c2=O)ccc1CNC(=O)c1cc(C(=O)NCc2ccc(C(C)(C)C)c(O)c2)ncn1. The molecule has 12 nitrogen and oxygen atoms in total. The van der Waals surface area contributed by atoms with E-state index in [0.29, 0.717) is 5.69 Å². The lowest BCUT2D eigenvalue weighted by Gasteiger charge is -2.20. The first kappa shape index (κ1) is 28.1. The smallest absolute Gasteiger partial charge is 0.365 e. The molecule has 12 heteroatoms. The number of phenols is 1. The summed E-state index contributed by atoms with van der Waals surface area (Å²) in [7, 11) is 0. The Labute approximate surface area is 230 Å². The molecule has 0 aliphatic heterocycles. The maximum atomic E-state index is 12.9. The van der Waals surface area contributed by atoms with Crippen molar-refractivity contribution in [1.29, 1.82) is 0 Å². The van der Waals surface area contributed by atoms with Gasteiger partial charge >= 0.3 is 5.69 Å². The zero-order chi connectivity index (χ0) is 28.9. The number of hydrogen-bond donors (Lipinski definition) is 4. The van der Waals surface area contributed by atoms with Crippen LogP contribution < -0.4 is 16.3 Å². The number of carbonyl (C=O) groups excluding carboxylic acids is 2. The number of aromatic hydroxyl groups is 1. The summed E-state index contributed by atoms with van der Waals surface area (Å²) in [6.45, 7) is 8.47. The topological polar surface area (TPSA) is 168 Å². The number of nitrogens with one attached hydrogen (secondary N) is 3. The number of rotatable bonds is 9. The summed E-state index contributed by atoms with van der Waals surface area (Å²) in [6.07, 6.45) is 2.77. The van der Waals surface area contributed by atoms with Crippen molar-refractivity contribution in [2.45, 2.75) is 59.0 Å². The highest BCUT2D eigenvalue weighted by molar-refractivity contribution is 5.97. The van der Waals surface area contributed by atoms with E-state index in [1.165, 1.54) is 17.1 Å². The van der Waals surface area contributed by atoms with Gasteiger partial charge in [-0.3, -0.25) is 9.59 Å². The molecule has 0 spiro atoms. The fraction of sp³-hybridized carbons (Fsp3) is 0.321. The van der Waals surface area contributed by atoms with Gasteiger partial charge in [-0.05, 0) is 62.7 Å². The molecule has 208 valence electrons. The molecule has 2 heterocycles. The van der Waals surface area contributed by atoms with Crippen LogP contribution >= 0.6 is 0 Å². The van der Waals surface area contributed by atoms with Crippen molar-refractivity contribution in [3.05, 3.63) is 92.9 Å². The molecule has 0 fully saturated rings. The number of aromatic amines is 1. The molecule has 0 atom stereocenters. The van der Waals surface area contributed by atoms with Crippen molar-refractivity contribution < 1.29 is 14.7 Å². The van der Waals surface area contributed by atoms with Gasteiger partial charge in [0.1, 0.15) is 23.5 Å². The zero-order valence-corrected chi connectivity index (χ0v) is 22.9. The van der Waals surface area contributed by atoms with E-state index in [1.807, 2.05) is 52.0 Å². The summed E-state index contributed by atoms with van der Waals surface area (Å²) in [4.78, 5) is 45.5. The van der Waals surface area contributed by atoms with E-state index in [1.54, 1.807) is 12.1 Å². The van der Waals surface area contributed by atoms with E-state index in [0.717, 1.165) is 35.1 Å². The fourth-order valence-corrected chi connectivity index (χ4v) is 4.25. The molecule has 0 saturated heterocycles. The predicted molar refractivity (Wildman–Crippen MR) is 147 cm³/mol. The van der Waals surface area contributed by atoms with Crippen molar-refractivity contribution in [2.75, 3.05) is 0 Å². The van der Waals surface area contributed by atoms with Gasteiger partial charge in [-0.15, -0.1) is 0 Å². The highest BCUT2D eigenvalue weighted by Crippen LogP contribution is 2.31. The molecule has 4 N–H and O–H groups in total.